The third-order valence-corrected chi connectivity index (χ3v) is 8.23. The van der Waals surface area contributed by atoms with Gasteiger partial charge in [-0.05, 0) is 60.1 Å². The predicted octanol–water partition coefficient (Wildman–Crippen LogP) is 6.41. The minimum Gasteiger partial charge on any atom is -0.448 e. The molecule has 0 N–H and O–H groups in total. The molecule has 7 heteroatoms. The molecule has 2 bridgehead atoms. The van der Waals surface area contributed by atoms with Crippen molar-refractivity contribution in [1.29, 1.82) is 0 Å². The third-order valence-electron chi connectivity index (χ3n) is 8.23. The molecule has 4 nitrogen and oxygen atoms in total. The number of amides is 1. The molecule has 2 fully saturated rings. The number of ketones is 1. The van der Waals surface area contributed by atoms with Crippen LogP contribution in [0.2, 0.25) is 0 Å². The minimum atomic E-state index is -1.31. The van der Waals surface area contributed by atoms with Crippen LogP contribution in [0.3, 0.4) is 0 Å². The SMILES string of the molecule is O=C(Cc1c(F)ccc(F)c1F)C1CC2CCC(C1)N2C(=O)OCC1c2ccccc2-c2ccccc21. The van der Waals surface area contributed by atoms with Crippen molar-refractivity contribution in [2.75, 3.05) is 6.61 Å². The van der Waals surface area contributed by atoms with Gasteiger partial charge in [0.05, 0.1) is 0 Å². The first-order valence-electron chi connectivity index (χ1n) is 12.7. The highest BCUT2D eigenvalue weighted by Crippen LogP contribution is 2.45. The van der Waals surface area contributed by atoms with Crippen molar-refractivity contribution < 1.29 is 27.5 Å². The van der Waals surface area contributed by atoms with E-state index in [4.69, 9.17) is 4.74 Å². The van der Waals surface area contributed by atoms with E-state index >= 15 is 0 Å². The zero-order valence-electron chi connectivity index (χ0n) is 20.1. The number of hydrogen-bond acceptors (Lipinski definition) is 3. The topological polar surface area (TPSA) is 46.6 Å². The van der Waals surface area contributed by atoms with E-state index in [0.717, 1.165) is 41.2 Å². The molecule has 190 valence electrons. The number of fused-ring (bicyclic) bond motifs is 5. The van der Waals surface area contributed by atoms with Crippen molar-refractivity contribution in [2.24, 2.45) is 5.92 Å². The Hall–Kier alpha value is -3.61. The van der Waals surface area contributed by atoms with Gasteiger partial charge >= 0.3 is 6.09 Å². The van der Waals surface area contributed by atoms with Gasteiger partial charge in [-0.3, -0.25) is 4.79 Å². The summed E-state index contributed by atoms with van der Waals surface area (Å²) in [5.74, 6) is -4.21. The first-order chi connectivity index (χ1) is 17.9. The molecule has 3 aromatic carbocycles. The van der Waals surface area contributed by atoms with Gasteiger partial charge in [-0.15, -0.1) is 0 Å². The minimum absolute atomic E-state index is 0.0378. The Morgan fingerprint density at radius 1 is 0.811 bits per heavy atom. The monoisotopic (exact) mass is 505 g/mol. The van der Waals surface area contributed by atoms with E-state index in [2.05, 4.69) is 24.3 Å². The molecule has 0 aromatic heterocycles. The molecular formula is C30H26F3NO3. The van der Waals surface area contributed by atoms with Gasteiger partial charge in [-0.2, -0.15) is 0 Å². The molecular weight excluding hydrogens is 479 g/mol. The number of nitrogens with zero attached hydrogens (tertiary/aromatic N) is 1. The third kappa shape index (κ3) is 4.10. The van der Waals surface area contributed by atoms with Gasteiger partial charge in [0.2, 0.25) is 0 Å². The molecule has 0 saturated carbocycles. The molecule has 3 aromatic rings. The smallest absolute Gasteiger partial charge is 0.410 e. The quantitative estimate of drug-likeness (QED) is 0.377. The maximum absolute atomic E-state index is 14.1. The lowest BCUT2D eigenvalue weighted by Crippen LogP contribution is -2.48. The lowest BCUT2D eigenvalue weighted by Gasteiger charge is -2.37. The second-order valence-corrected chi connectivity index (χ2v) is 10.2. The number of carbonyl (C=O) groups excluding carboxylic acids is 2. The Bertz CT molecular complexity index is 1330. The second kappa shape index (κ2) is 9.36. The summed E-state index contributed by atoms with van der Waals surface area (Å²) in [6.45, 7) is 0.225. The highest BCUT2D eigenvalue weighted by molar-refractivity contribution is 5.84. The van der Waals surface area contributed by atoms with Crippen molar-refractivity contribution in [1.82, 2.24) is 4.90 Å². The molecule has 2 unspecified atom stereocenters. The molecule has 1 amide bonds. The van der Waals surface area contributed by atoms with Crippen LogP contribution in [0.25, 0.3) is 11.1 Å². The summed E-state index contributed by atoms with van der Waals surface area (Å²) in [6, 6.07) is 17.5. The summed E-state index contributed by atoms with van der Waals surface area (Å²) in [4.78, 5) is 27.9. The van der Waals surface area contributed by atoms with Gasteiger partial charge < -0.3 is 9.64 Å². The number of halogens is 3. The van der Waals surface area contributed by atoms with Crippen LogP contribution in [0.4, 0.5) is 18.0 Å². The molecule has 2 aliphatic heterocycles. The van der Waals surface area contributed by atoms with Crippen molar-refractivity contribution in [2.45, 2.75) is 50.1 Å². The Balaban J connectivity index is 1.12. The average molecular weight is 506 g/mol. The van der Waals surface area contributed by atoms with Crippen LogP contribution >= 0.6 is 0 Å². The van der Waals surface area contributed by atoms with Gasteiger partial charge in [0.25, 0.3) is 0 Å². The first-order valence-corrected chi connectivity index (χ1v) is 12.7. The highest BCUT2D eigenvalue weighted by Gasteiger charge is 2.46. The van der Waals surface area contributed by atoms with Gasteiger partial charge in [-0.25, -0.2) is 18.0 Å². The zero-order valence-corrected chi connectivity index (χ0v) is 20.1. The fraction of sp³-hybridized carbons (Fsp3) is 0.333. The van der Waals surface area contributed by atoms with Gasteiger partial charge in [0.15, 0.2) is 11.6 Å². The number of Topliss-reactive ketones (excluding diaryl/α,β-unsaturated/α-hetero) is 1. The number of ether oxygens (including phenoxy) is 1. The van der Waals surface area contributed by atoms with Crippen LogP contribution in [0.5, 0.6) is 0 Å². The van der Waals surface area contributed by atoms with Crippen molar-refractivity contribution in [3.8, 4) is 11.1 Å². The molecule has 2 saturated heterocycles. The van der Waals surface area contributed by atoms with Gasteiger partial charge in [0, 0.05) is 35.9 Å². The van der Waals surface area contributed by atoms with Crippen LogP contribution in [-0.4, -0.2) is 35.5 Å². The summed E-state index contributed by atoms with van der Waals surface area (Å²) < 4.78 is 47.6. The first kappa shape index (κ1) is 23.8. The van der Waals surface area contributed by atoms with E-state index in [1.807, 2.05) is 24.3 Å². The zero-order chi connectivity index (χ0) is 25.7. The summed E-state index contributed by atoms with van der Waals surface area (Å²) in [5.41, 5.74) is 4.06. The Morgan fingerprint density at radius 3 is 2.00 bits per heavy atom. The Labute approximate surface area is 213 Å². The molecule has 3 aliphatic rings. The maximum Gasteiger partial charge on any atom is 0.410 e. The van der Waals surface area contributed by atoms with E-state index < -0.39 is 35.4 Å². The predicted molar refractivity (Wildman–Crippen MR) is 131 cm³/mol. The number of carbonyl (C=O) groups is 2. The summed E-state index contributed by atoms with van der Waals surface area (Å²) in [7, 11) is 0. The van der Waals surface area contributed by atoms with Crippen molar-refractivity contribution >= 4 is 11.9 Å². The van der Waals surface area contributed by atoms with E-state index in [0.29, 0.717) is 18.9 Å². The van der Waals surface area contributed by atoms with E-state index in [-0.39, 0.29) is 36.5 Å². The molecule has 0 radical (unpaired) electrons. The average Bonchev–Trinajstić information content (AvgIpc) is 3.37. The fourth-order valence-electron chi connectivity index (χ4n) is 6.46. The fourth-order valence-corrected chi connectivity index (χ4v) is 6.46. The molecule has 2 heterocycles. The summed E-state index contributed by atoms with van der Waals surface area (Å²) in [6.07, 6.45) is 1.45. The number of rotatable bonds is 5. The Morgan fingerprint density at radius 2 is 1.38 bits per heavy atom. The van der Waals surface area contributed by atoms with Crippen molar-refractivity contribution in [3.63, 3.8) is 0 Å². The van der Waals surface area contributed by atoms with Crippen LogP contribution in [0.1, 0.15) is 48.3 Å². The van der Waals surface area contributed by atoms with E-state index in [1.54, 1.807) is 4.90 Å². The summed E-state index contributed by atoms with van der Waals surface area (Å²) in [5, 5.41) is 0. The number of benzene rings is 3. The second-order valence-electron chi connectivity index (χ2n) is 10.2. The number of hydrogen-bond donors (Lipinski definition) is 0. The largest absolute Gasteiger partial charge is 0.448 e. The van der Waals surface area contributed by atoms with Crippen LogP contribution in [-0.2, 0) is 16.0 Å². The highest BCUT2D eigenvalue weighted by atomic mass is 19.2. The van der Waals surface area contributed by atoms with Crippen LogP contribution in [0, 0.1) is 23.4 Å². The van der Waals surface area contributed by atoms with Crippen LogP contribution in [0.15, 0.2) is 60.7 Å². The molecule has 37 heavy (non-hydrogen) atoms. The Kier molecular flexibility index (Phi) is 6.01. The normalized spacial score (nSPS) is 22.0. The van der Waals surface area contributed by atoms with E-state index in [9.17, 15) is 22.8 Å². The van der Waals surface area contributed by atoms with E-state index in [1.165, 1.54) is 0 Å². The molecule has 2 atom stereocenters. The molecule has 0 spiro atoms. The number of piperidine rings is 1. The van der Waals surface area contributed by atoms with Gasteiger partial charge in [0.1, 0.15) is 18.2 Å². The van der Waals surface area contributed by atoms with Crippen LogP contribution < -0.4 is 0 Å². The van der Waals surface area contributed by atoms with Crippen molar-refractivity contribution in [3.05, 3.63) is 94.8 Å². The lowest BCUT2D eigenvalue weighted by molar-refractivity contribution is -0.124. The standard InChI is InChI=1S/C30H26F3NO3/c31-26-11-12-27(32)29(33)24(26)15-28(35)17-13-18-9-10-19(14-17)34(18)30(36)37-16-25-22-7-3-1-5-20(22)21-6-2-4-8-23(21)25/h1-8,11-12,17-19,25H,9-10,13-16H2. The molecule has 6 rings (SSSR count). The molecule has 1 aliphatic carbocycles. The van der Waals surface area contributed by atoms with Gasteiger partial charge in [-0.1, -0.05) is 48.5 Å². The lowest BCUT2D eigenvalue weighted by atomic mass is 9.85. The maximum atomic E-state index is 14.1. The summed E-state index contributed by atoms with van der Waals surface area (Å²) >= 11 is 0.